The molecule has 8 nitrogen and oxygen atoms in total. The van der Waals surface area contributed by atoms with E-state index < -0.39 is 10.0 Å². The second-order valence-corrected chi connectivity index (χ2v) is 8.72. The van der Waals surface area contributed by atoms with Crippen molar-refractivity contribution in [2.24, 2.45) is 11.1 Å². The van der Waals surface area contributed by atoms with E-state index in [0.717, 1.165) is 38.5 Å². The summed E-state index contributed by atoms with van der Waals surface area (Å²) in [5, 5.41) is 12.8. The maximum Gasteiger partial charge on any atom is 0.255 e. The molecule has 2 bridgehead atoms. The van der Waals surface area contributed by atoms with E-state index in [1.165, 1.54) is 44.6 Å². The van der Waals surface area contributed by atoms with Crippen LogP contribution in [0.5, 0.6) is 5.75 Å². The van der Waals surface area contributed by atoms with Gasteiger partial charge in [0, 0.05) is 32.7 Å². The summed E-state index contributed by atoms with van der Waals surface area (Å²) in [5.41, 5.74) is 0.168. The first-order valence-corrected chi connectivity index (χ1v) is 10.9. The van der Waals surface area contributed by atoms with Gasteiger partial charge in [0.1, 0.15) is 5.75 Å². The van der Waals surface area contributed by atoms with Crippen LogP contribution in [0.15, 0.2) is 23.1 Å². The summed E-state index contributed by atoms with van der Waals surface area (Å²) < 4.78 is 28.2. The van der Waals surface area contributed by atoms with Crippen LogP contribution >= 0.6 is 0 Å². The highest BCUT2D eigenvalue weighted by molar-refractivity contribution is 7.89. The number of nitrogens with zero attached hydrogens (tertiary/aromatic N) is 2. The highest BCUT2D eigenvalue weighted by Gasteiger charge is 2.28. The van der Waals surface area contributed by atoms with Gasteiger partial charge in [-0.3, -0.25) is 4.79 Å². The zero-order valence-corrected chi connectivity index (χ0v) is 16.5. The highest BCUT2D eigenvalue weighted by Crippen LogP contribution is 2.26. The topological polar surface area (TPSA) is 105 Å². The average Bonchev–Trinajstić information content (AvgIpc) is 2.97. The number of carbonyl (C=O) groups excluding carboxylic acids is 1. The monoisotopic (exact) mass is 396 g/mol. The smallest absolute Gasteiger partial charge is 0.255 e. The second kappa shape index (κ2) is 8.55. The number of methoxy groups -OCH3 is 1. The lowest BCUT2D eigenvalue weighted by Crippen LogP contribution is -2.44. The van der Waals surface area contributed by atoms with Crippen LogP contribution in [0.25, 0.3) is 0 Å². The number of hydrogen-bond acceptors (Lipinski definition) is 6. The minimum Gasteiger partial charge on any atom is -0.496 e. The van der Waals surface area contributed by atoms with Crippen molar-refractivity contribution < 1.29 is 17.9 Å². The number of carbonyl (C=O) groups is 1. The molecular weight excluding hydrogens is 368 g/mol. The fourth-order valence-electron chi connectivity index (χ4n) is 3.82. The zero-order chi connectivity index (χ0) is 19.4. The fraction of sp³-hybridized carbons (Fsp3) is 0.611. The molecular formula is C18H28N4O4S. The van der Waals surface area contributed by atoms with Gasteiger partial charge < -0.3 is 10.1 Å². The van der Waals surface area contributed by atoms with Crippen LogP contribution in [0, 0.1) is 5.92 Å². The standard InChI is InChI=1S/C18H28N4O4S/c1-26-17-4-3-15(27(19,24)25)13-16(17)18(23)20-8-2-9-21-10-5-14-6-11-22(21)12-7-14/h3-4,13-14H,2,5-12H2,1H3,(H,20,23)(H2,19,24,25). The van der Waals surface area contributed by atoms with E-state index in [2.05, 4.69) is 15.3 Å². The quantitative estimate of drug-likeness (QED) is 0.661. The maximum atomic E-state index is 12.5. The van der Waals surface area contributed by atoms with E-state index >= 15 is 0 Å². The number of rotatable bonds is 7. The minimum atomic E-state index is -3.88. The molecule has 0 saturated carbocycles. The van der Waals surface area contributed by atoms with Crippen molar-refractivity contribution in [2.45, 2.75) is 30.6 Å². The molecule has 0 aromatic heterocycles. The fourth-order valence-corrected chi connectivity index (χ4v) is 4.36. The third-order valence-electron chi connectivity index (χ3n) is 5.41. The lowest BCUT2D eigenvalue weighted by Gasteiger charge is -2.34. The Morgan fingerprint density at radius 2 is 1.96 bits per heavy atom. The van der Waals surface area contributed by atoms with Crippen molar-refractivity contribution in [1.82, 2.24) is 15.3 Å². The largest absolute Gasteiger partial charge is 0.496 e. The van der Waals surface area contributed by atoms with Gasteiger partial charge in [-0.25, -0.2) is 23.6 Å². The van der Waals surface area contributed by atoms with Crippen molar-refractivity contribution in [2.75, 3.05) is 39.8 Å². The molecule has 3 saturated heterocycles. The number of fused-ring (bicyclic) bond motifs is 4. The number of primary sulfonamides is 1. The first-order valence-electron chi connectivity index (χ1n) is 9.37. The molecule has 3 fully saturated rings. The van der Waals surface area contributed by atoms with Crippen LogP contribution < -0.4 is 15.2 Å². The average molecular weight is 397 g/mol. The summed E-state index contributed by atoms with van der Waals surface area (Å²) in [4.78, 5) is 12.4. The maximum absolute atomic E-state index is 12.5. The zero-order valence-electron chi connectivity index (χ0n) is 15.7. The predicted octanol–water partition coefficient (Wildman–Crippen LogP) is 0.795. The van der Waals surface area contributed by atoms with E-state index in [9.17, 15) is 13.2 Å². The van der Waals surface area contributed by atoms with Gasteiger partial charge in [-0.2, -0.15) is 0 Å². The number of ether oxygens (including phenoxy) is 1. The summed E-state index contributed by atoms with van der Waals surface area (Å²) >= 11 is 0. The van der Waals surface area contributed by atoms with Crippen LogP contribution in [0.1, 0.15) is 36.0 Å². The summed E-state index contributed by atoms with van der Waals surface area (Å²) in [6.07, 6.45) is 4.64. The van der Waals surface area contributed by atoms with Gasteiger partial charge in [0.15, 0.2) is 0 Å². The molecule has 4 rings (SSSR count). The normalized spacial score (nSPS) is 23.0. The number of piperidine rings is 1. The lowest BCUT2D eigenvalue weighted by atomic mass is 9.96. The van der Waals surface area contributed by atoms with E-state index in [4.69, 9.17) is 9.88 Å². The first kappa shape index (κ1) is 20.1. The minimum absolute atomic E-state index is 0.110. The van der Waals surface area contributed by atoms with Gasteiger partial charge in [-0.1, -0.05) is 0 Å². The van der Waals surface area contributed by atoms with E-state index in [1.54, 1.807) is 0 Å². The van der Waals surface area contributed by atoms with Crippen LogP contribution in [-0.2, 0) is 10.0 Å². The lowest BCUT2D eigenvalue weighted by molar-refractivity contribution is -0.0216. The molecule has 0 aliphatic carbocycles. The van der Waals surface area contributed by atoms with Crippen LogP contribution in [0.2, 0.25) is 0 Å². The molecule has 0 radical (unpaired) electrons. The Bertz CT molecular complexity index is 776. The summed E-state index contributed by atoms with van der Waals surface area (Å²) in [6.45, 7) is 4.77. The number of hydrazine groups is 1. The Balaban J connectivity index is 1.54. The van der Waals surface area contributed by atoms with Crippen molar-refractivity contribution in [3.05, 3.63) is 23.8 Å². The van der Waals surface area contributed by atoms with E-state index in [-0.39, 0.29) is 16.4 Å². The Morgan fingerprint density at radius 3 is 2.63 bits per heavy atom. The third kappa shape index (κ3) is 4.98. The van der Waals surface area contributed by atoms with Crippen LogP contribution in [0.4, 0.5) is 0 Å². The summed E-state index contributed by atoms with van der Waals surface area (Å²) in [5.74, 6) is 0.814. The number of hydrogen-bond donors (Lipinski definition) is 2. The van der Waals surface area contributed by atoms with Crippen molar-refractivity contribution in [3.8, 4) is 5.75 Å². The Labute approximate surface area is 160 Å². The molecule has 3 aliphatic rings. The van der Waals surface area contributed by atoms with Crippen LogP contribution in [-0.4, -0.2) is 64.2 Å². The van der Waals surface area contributed by atoms with Crippen molar-refractivity contribution in [3.63, 3.8) is 0 Å². The SMILES string of the molecule is COc1ccc(S(N)(=O)=O)cc1C(=O)NCCCN1CCC2CCN1CC2. The molecule has 3 N–H and O–H groups in total. The Morgan fingerprint density at radius 1 is 1.26 bits per heavy atom. The molecule has 27 heavy (non-hydrogen) atoms. The van der Waals surface area contributed by atoms with E-state index in [0.29, 0.717) is 12.3 Å². The number of sulfonamides is 1. The molecule has 3 aliphatic heterocycles. The first-order chi connectivity index (χ1) is 12.9. The number of amides is 1. The van der Waals surface area contributed by atoms with Gasteiger partial charge in [0.2, 0.25) is 10.0 Å². The molecule has 1 aromatic rings. The third-order valence-corrected chi connectivity index (χ3v) is 6.32. The van der Waals surface area contributed by atoms with Gasteiger partial charge in [0.05, 0.1) is 17.6 Å². The van der Waals surface area contributed by atoms with Crippen molar-refractivity contribution in [1.29, 1.82) is 0 Å². The Hall–Kier alpha value is -1.68. The number of nitrogens with two attached hydrogens (primary N) is 1. The second-order valence-electron chi connectivity index (χ2n) is 7.16. The molecule has 3 heterocycles. The van der Waals surface area contributed by atoms with Gasteiger partial charge in [-0.05, 0) is 49.8 Å². The molecule has 1 aromatic carbocycles. The van der Waals surface area contributed by atoms with Gasteiger partial charge in [-0.15, -0.1) is 0 Å². The molecule has 150 valence electrons. The van der Waals surface area contributed by atoms with Gasteiger partial charge >= 0.3 is 0 Å². The van der Waals surface area contributed by atoms with Crippen LogP contribution in [0.3, 0.4) is 0 Å². The highest BCUT2D eigenvalue weighted by atomic mass is 32.2. The summed E-state index contributed by atoms with van der Waals surface area (Å²) in [7, 11) is -2.44. The predicted molar refractivity (Wildman–Crippen MR) is 102 cm³/mol. The molecule has 1 amide bonds. The number of nitrogens with one attached hydrogen (secondary N) is 1. The molecule has 0 atom stereocenters. The Kier molecular flexibility index (Phi) is 6.36. The number of benzene rings is 1. The molecule has 0 spiro atoms. The molecule has 9 heteroatoms. The summed E-state index contributed by atoms with van der Waals surface area (Å²) in [6, 6.07) is 4.02. The van der Waals surface area contributed by atoms with E-state index in [1.807, 2.05) is 0 Å². The van der Waals surface area contributed by atoms with Crippen molar-refractivity contribution >= 4 is 15.9 Å². The van der Waals surface area contributed by atoms with Gasteiger partial charge in [0.25, 0.3) is 5.91 Å². The molecule has 0 unspecified atom stereocenters.